The van der Waals surface area contributed by atoms with Crippen LogP contribution in [0.25, 0.3) is 71.7 Å². The van der Waals surface area contributed by atoms with Crippen LogP contribution in [-0.2, 0) is 0 Å². The van der Waals surface area contributed by atoms with Gasteiger partial charge in [0.25, 0.3) is 0 Å². The maximum absolute atomic E-state index is 6.60. The van der Waals surface area contributed by atoms with Gasteiger partial charge in [-0.3, -0.25) is 9.34 Å². The minimum Gasteiger partial charge on any atom is -0.456 e. The lowest BCUT2D eigenvalue weighted by Crippen LogP contribution is -2.21. The molecule has 1 atom stereocenters. The van der Waals surface area contributed by atoms with Gasteiger partial charge in [0.1, 0.15) is 19.4 Å². The van der Waals surface area contributed by atoms with E-state index in [2.05, 4.69) is 232 Å². The van der Waals surface area contributed by atoms with Crippen LogP contribution in [0.4, 0.5) is 22.7 Å². The molecule has 0 amide bonds. The van der Waals surface area contributed by atoms with Crippen LogP contribution < -0.4 is 14.6 Å². The van der Waals surface area contributed by atoms with Crippen LogP contribution in [0.5, 0.6) is 0 Å². The van der Waals surface area contributed by atoms with Crippen molar-refractivity contribution in [1.29, 1.82) is 0 Å². The fourth-order valence-corrected chi connectivity index (χ4v) is 11.5. The lowest BCUT2D eigenvalue weighted by atomic mass is 9.96. The standard InChI is InChI=1S/C54H36N3OP/c1-5-16-40(17-6-1)55-48-26-14-13-24-45(48)46-34-37(28-31-49(46)55)38-30-33-52-47(35-38)54-44(25-15-27-53(54)58-52)39-29-32-50-51(36-39)57(42-20-9-3-10-21-42)59(43-22-11-4-12-23-43)56(50)41-18-7-2-8-19-41/h1-36H. The van der Waals surface area contributed by atoms with Gasteiger partial charge in [-0.1, -0.05) is 133 Å². The monoisotopic (exact) mass is 773 g/mol. The molecule has 1 aliphatic rings. The maximum atomic E-state index is 6.60. The normalized spacial score (nSPS) is 13.9. The number of fused-ring (bicyclic) bond motifs is 7. The van der Waals surface area contributed by atoms with Crippen LogP contribution in [0.3, 0.4) is 0 Å². The van der Waals surface area contributed by atoms with Crippen molar-refractivity contribution in [3.8, 4) is 27.9 Å². The highest BCUT2D eigenvalue weighted by Gasteiger charge is 2.40. The second-order valence-corrected chi connectivity index (χ2v) is 16.9. The van der Waals surface area contributed by atoms with Crippen LogP contribution in [0.2, 0.25) is 0 Å². The number of benzene rings is 9. The van der Waals surface area contributed by atoms with Crippen molar-refractivity contribution in [2.45, 2.75) is 0 Å². The third-order valence-electron chi connectivity index (χ3n) is 11.6. The molecule has 0 spiro atoms. The number of hydrogen-bond acceptors (Lipinski definition) is 3. The van der Waals surface area contributed by atoms with Crippen LogP contribution in [0.1, 0.15) is 0 Å². The molecule has 0 saturated carbocycles. The Hall–Kier alpha value is -7.39. The molecule has 59 heavy (non-hydrogen) atoms. The molecule has 0 fully saturated rings. The molecule has 0 radical (unpaired) electrons. The Bertz CT molecular complexity index is 3340. The average molecular weight is 774 g/mol. The van der Waals surface area contributed by atoms with Gasteiger partial charge in [0, 0.05) is 43.9 Å². The summed E-state index contributed by atoms with van der Waals surface area (Å²) in [6.45, 7) is 0. The molecule has 278 valence electrons. The first-order valence-corrected chi connectivity index (χ1v) is 21.3. The van der Waals surface area contributed by atoms with Gasteiger partial charge in [0.05, 0.1) is 22.4 Å². The number of para-hydroxylation sites is 4. The van der Waals surface area contributed by atoms with E-state index in [9.17, 15) is 0 Å². The third kappa shape index (κ3) is 5.41. The smallest absolute Gasteiger partial charge is 0.138 e. The summed E-state index contributed by atoms with van der Waals surface area (Å²) in [4.78, 5) is 0. The van der Waals surface area contributed by atoms with E-state index in [0.29, 0.717) is 0 Å². The second kappa shape index (κ2) is 13.6. The Morgan fingerprint density at radius 3 is 1.66 bits per heavy atom. The summed E-state index contributed by atoms with van der Waals surface area (Å²) in [5.41, 5.74) is 14.7. The molecule has 3 heterocycles. The summed E-state index contributed by atoms with van der Waals surface area (Å²) < 4.78 is 14.0. The highest BCUT2D eigenvalue weighted by Crippen LogP contribution is 2.65. The van der Waals surface area contributed by atoms with Crippen LogP contribution in [-0.4, -0.2) is 4.57 Å². The van der Waals surface area contributed by atoms with Crippen molar-refractivity contribution in [3.63, 3.8) is 0 Å². The number of anilines is 4. The lowest BCUT2D eigenvalue weighted by Gasteiger charge is -2.32. The highest BCUT2D eigenvalue weighted by atomic mass is 31.1. The minimum atomic E-state index is -1.00. The van der Waals surface area contributed by atoms with Gasteiger partial charge in [-0.2, -0.15) is 0 Å². The quantitative estimate of drug-likeness (QED) is 0.157. The van der Waals surface area contributed by atoms with Gasteiger partial charge < -0.3 is 8.98 Å². The van der Waals surface area contributed by atoms with Crippen molar-refractivity contribution in [2.24, 2.45) is 0 Å². The molecule has 4 nitrogen and oxygen atoms in total. The summed E-state index contributed by atoms with van der Waals surface area (Å²) in [6, 6.07) is 78.9. The molecule has 1 unspecified atom stereocenters. The first-order chi connectivity index (χ1) is 29.3. The van der Waals surface area contributed by atoms with Gasteiger partial charge in [-0.25, -0.2) is 0 Å². The number of aromatic nitrogens is 1. The Balaban J connectivity index is 1.02. The van der Waals surface area contributed by atoms with E-state index in [1.54, 1.807) is 0 Å². The van der Waals surface area contributed by atoms with E-state index in [1.807, 2.05) is 0 Å². The lowest BCUT2D eigenvalue weighted by molar-refractivity contribution is 0.669. The summed E-state index contributed by atoms with van der Waals surface area (Å²) in [5, 5.41) is 6.00. The van der Waals surface area contributed by atoms with E-state index in [4.69, 9.17) is 4.42 Å². The SMILES string of the molecule is c1ccc(N2c3ccc(-c4cccc5oc6ccc(-c7ccc8c(c7)c7ccccc7n8-c7ccccc7)cc6c45)cc3N(c3ccccc3)P2c2ccccc2)cc1. The number of rotatable bonds is 6. The van der Waals surface area contributed by atoms with Crippen molar-refractivity contribution in [2.75, 3.05) is 9.34 Å². The van der Waals surface area contributed by atoms with Crippen molar-refractivity contribution in [1.82, 2.24) is 4.57 Å². The zero-order valence-electron chi connectivity index (χ0n) is 32.0. The molecule has 12 rings (SSSR count). The van der Waals surface area contributed by atoms with Gasteiger partial charge in [-0.05, 0) is 107 Å². The highest BCUT2D eigenvalue weighted by molar-refractivity contribution is 7.70. The summed E-state index contributed by atoms with van der Waals surface area (Å²) in [6.07, 6.45) is 0. The number of furan rings is 1. The van der Waals surface area contributed by atoms with Crippen LogP contribution in [0, 0.1) is 0 Å². The predicted octanol–water partition coefficient (Wildman–Crippen LogP) is 14.9. The van der Waals surface area contributed by atoms with E-state index in [1.165, 1.54) is 55.4 Å². The zero-order chi connectivity index (χ0) is 38.9. The van der Waals surface area contributed by atoms with Crippen molar-refractivity contribution < 1.29 is 4.42 Å². The van der Waals surface area contributed by atoms with Gasteiger partial charge in [-0.15, -0.1) is 0 Å². The molecule has 11 aromatic rings. The van der Waals surface area contributed by atoms with Gasteiger partial charge in [0.15, 0.2) is 0 Å². The second-order valence-electron chi connectivity index (χ2n) is 15.0. The van der Waals surface area contributed by atoms with E-state index in [-0.39, 0.29) is 0 Å². The fourth-order valence-electron chi connectivity index (χ4n) is 9.02. The summed E-state index contributed by atoms with van der Waals surface area (Å²) in [7, 11) is -1.00. The Morgan fingerprint density at radius 2 is 0.932 bits per heavy atom. The molecule has 0 saturated heterocycles. The van der Waals surface area contributed by atoms with Crippen LogP contribution >= 0.6 is 8.22 Å². The first kappa shape index (κ1) is 33.7. The largest absolute Gasteiger partial charge is 0.456 e. The Labute approximate surface area is 343 Å². The molecule has 1 aliphatic heterocycles. The predicted molar refractivity (Wildman–Crippen MR) is 249 cm³/mol. The molecular formula is C54H36N3OP. The maximum Gasteiger partial charge on any atom is 0.138 e. The van der Waals surface area contributed by atoms with Gasteiger partial charge >= 0.3 is 0 Å². The summed E-state index contributed by atoms with van der Waals surface area (Å²) >= 11 is 0. The van der Waals surface area contributed by atoms with Crippen LogP contribution in [0.15, 0.2) is 223 Å². The topological polar surface area (TPSA) is 24.6 Å². The van der Waals surface area contributed by atoms with E-state index in [0.717, 1.165) is 44.3 Å². The molecule has 5 heteroatoms. The van der Waals surface area contributed by atoms with Crippen molar-refractivity contribution >= 4 is 80.0 Å². The third-order valence-corrected chi connectivity index (χ3v) is 14.0. The number of hydrogen-bond donors (Lipinski definition) is 0. The first-order valence-electron chi connectivity index (χ1n) is 20.0. The Morgan fingerprint density at radius 1 is 0.356 bits per heavy atom. The molecule has 0 N–H and O–H groups in total. The van der Waals surface area contributed by atoms with E-state index >= 15 is 0 Å². The number of nitrogens with zero attached hydrogens (tertiary/aromatic N) is 3. The molecule has 9 aromatic carbocycles. The average Bonchev–Trinajstić information content (AvgIpc) is 3.97. The van der Waals surface area contributed by atoms with E-state index < -0.39 is 8.22 Å². The fraction of sp³-hybridized carbons (Fsp3) is 0. The molecular weight excluding hydrogens is 738 g/mol. The zero-order valence-corrected chi connectivity index (χ0v) is 32.9. The minimum absolute atomic E-state index is 0.882. The molecule has 2 aromatic heterocycles. The molecule has 0 aliphatic carbocycles. The van der Waals surface area contributed by atoms with Gasteiger partial charge in [0.2, 0.25) is 0 Å². The molecule has 0 bridgehead atoms. The Kier molecular flexibility index (Phi) is 7.79. The summed E-state index contributed by atoms with van der Waals surface area (Å²) in [5.74, 6) is 0. The van der Waals surface area contributed by atoms with Crippen molar-refractivity contribution in [3.05, 3.63) is 218 Å².